The Hall–Kier alpha value is -1.86. The lowest BCUT2D eigenvalue weighted by molar-refractivity contribution is 0.626. The molecule has 4 heteroatoms. The molecule has 0 aliphatic rings. The Bertz CT molecular complexity index is 647. The number of nitrogens with zero attached hydrogens (tertiary/aromatic N) is 1. The van der Waals surface area contributed by atoms with Gasteiger partial charge in [0.1, 0.15) is 11.9 Å². The largest absolute Gasteiger partial charge is 0.380 e. The van der Waals surface area contributed by atoms with Crippen LogP contribution in [-0.2, 0) is 6.54 Å². The van der Waals surface area contributed by atoms with Crippen molar-refractivity contribution in [3.63, 3.8) is 0 Å². The second kappa shape index (κ2) is 5.85. The molecule has 0 heterocycles. The normalized spacial score (nSPS) is 10.0. The summed E-state index contributed by atoms with van der Waals surface area (Å²) in [5, 5.41) is 12.3. The SMILES string of the molecule is Cc1cccc(NCc2ccc(F)cc2Br)c1C#N. The van der Waals surface area contributed by atoms with E-state index in [0.717, 1.165) is 16.8 Å². The van der Waals surface area contributed by atoms with Crippen molar-refractivity contribution in [3.8, 4) is 6.07 Å². The van der Waals surface area contributed by atoms with Crippen molar-refractivity contribution in [2.75, 3.05) is 5.32 Å². The highest BCUT2D eigenvalue weighted by Crippen LogP contribution is 2.22. The standard InChI is InChI=1S/C15H12BrFN2/c1-10-3-2-4-15(13(10)8-18)19-9-11-5-6-12(17)7-14(11)16/h2-7,19H,9H2,1H3. The van der Waals surface area contributed by atoms with E-state index in [4.69, 9.17) is 5.26 Å². The number of hydrogen-bond donors (Lipinski definition) is 1. The van der Waals surface area contributed by atoms with E-state index in [0.29, 0.717) is 16.6 Å². The van der Waals surface area contributed by atoms with Gasteiger partial charge in [0.25, 0.3) is 0 Å². The zero-order valence-corrected chi connectivity index (χ0v) is 12.0. The average Bonchev–Trinajstić information content (AvgIpc) is 2.38. The number of aryl methyl sites for hydroxylation is 1. The molecule has 0 aliphatic heterocycles. The van der Waals surface area contributed by atoms with Gasteiger partial charge in [-0.15, -0.1) is 0 Å². The molecule has 96 valence electrons. The van der Waals surface area contributed by atoms with Crippen molar-refractivity contribution in [1.82, 2.24) is 0 Å². The minimum atomic E-state index is -0.274. The molecule has 1 N–H and O–H groups in total. The highest BCUT2D eigenvalue weighted by atomic mass is 79.9. The van der Waals surface area contributed by atoms with Crippen LogP contribution in [0.4, 0.5) is 10.1 Å². The average molecular weight is 319 g/mol. The van der Waals surface area contributed by atoms with Gasteiger partial charge in [-0.25, -0.2) is 4.39 Å². The molecule has 0 aromatic heterocycles. The fourth-order valence-corrected chi connectivity index (χ4v) is 2.31. The molecule has 2 aromatic rings. The van der Waals surface area contributed by atoms with Gasteiger partial charge in [0.2, 0.25) is 0 Å². The molecule has 0 amide bonds. The highest BCUT2D eigenvalue weighted by Gasteiger charge is 2.06. The third kappa shape index (κ3) is 3.12. The molecule has 0 saturated heterocycles. The van der Waals surface area contributed by atoms with Crippen LogP contribution in [0, 0.1) is 24.1 Å². The van der Waals surface area contributed by atoms with Crippen LogP contribution < -0.4 is 5.32 Å². The van der Waals surface area contributed by atoms with Crippen molar-refractivity contribution in [1.29, 1.82) is 5.26 Å². The molecule has 0 unspecified atom stereocenters. The molecule has 2 rings (SSSR count). The minimum absolute atomic E-state index is 0.274. The summed E-state index contributed by atoms with van der Waals surface area (Å²) in [5.74, 6) is -0.274. The van der Waals surface area contributed by atoms with Crippen LogP contribution in [0.2, 0.25) is 0 Å². The predicted octanol–water partition coefficient (Wildman–Crippen LogP) is 4.38. The summed E-state index contributed by atoms with van der Waals surface area (Å²) in [6.45, 7) is 2.43. The van der Waals surface area contributed by atoms with Gasteiger partial charge < -0.3 is 5.32 Å². The monoisotopic (exact) mass is 318 g/mol. The summed E-state index contributed by atoms with van der Waals surface area (Å²) in [5.41, 5.74) is 3.30. The van der Waals surface area contributed by atoms with Crippen LogP contribution in [0.25, 0.3) is 0 Å². The van der Waals surface area contributed by atoms with Crippen LogP contribution in [0.15, 0.2) is 40.9 Å². The topological polar surface area (TPSA) is 35.8 Å². The maximum Gasteiger partial charge on any atom is 0.124 e. The van der Waals surface area contributed by atoms with Gasteiger partial charge in [-0.05, 0) is 36.2 Å². The first-order valence-corrected chi connectivity index (χ1v) is 6.58. The zero-order valence-electron chi connectivity index (χ0n) is 10.4. The molecule has 0 aliphatic carbocycles. The van der Waals surface area contributed by atoms with E-state index in [1.165, 1.54) is 12.1 Å². The lowest BCUT2D eigenvalue weighted by atomic mass is 10.1. The van der Waals surface area contributed by atoms with Gasteiger partial charge in [0.15, 0.2) is 0 Å². The Kier molecular flexibility index (Phi) is 4.18. The maximum absolute atomic E-state index is 13.0. The third-order valence-corrected chi connectivity index (χ3v) is 3.61. The molecule has 0 radical (unpaired) electrons. The number of benzene rings is 2. The van der Waals surface area contributed by atoms with E-state index in [9.17, 15) is 4.39 Å². The predicted molar refractivity (Wildman–Crippen MR) is 77.3 cm³/mol. The first-order chi connectivity index (χ1) is 9.11. The number of rotatable bonds is 3. The molecule has 2 nitrogen and oxygen atoms in total. The van der Waals surface area contributed by atoms with Gasteiger partial charge in [-0.2, -0.15) is 5.26 Å². The summed E-state index contributed by atoms with van der Waals surface area (Å²) in [4.78, 5) is 0. The molecule has 0 spiro atoms. The Labute approximate surface area is 120 Å². The van der Waals surface area contributed by atoms with Crippen LogP contribution >= 0.6 is 15.9 Å². The van der Waals surface area contributed by atoms with Crippen molar-refractivity contribution >= 4 is 21.6 Å². The fraction of sp³-hybridized carbons (Fsp3) is 0.133. The second-order valence-electron chi connectivity index (χ2n) is 4.20. The van der Waals surface area contributed by atoms with E-state index in [-0.39, 0.29) is 5.82 Å². The lowest BCUT2D eigenvalue weighted by Crippen LogP contribution is -2.03. The Morgan fingerprint density at radius 2 is 2.11 bits per heavy atom. The molecular formula is C15H12BrFN2. The summed E-state index contributed by atoms with van der Waals surface area (Å²) < 4.78 is 13.7. The summed E-state index contributed by atoms with van der Waals surface area (Å²) in [6.07, 6.45) is 0. The lowest BCUT2D eigenvalue weighted by Gasteiger charge is -2.11. The van der Waals surface area contributed by atoms with E-state index < -0.39 is 0 Å². The molecule has 0 bridgehead atoms. The van der Waals surface area contributed by atoms with E-state index in [1.807, 2.05) is 25.1 Å². The van der Waals surface area contributed by atoms with Crippen LogP contribution in [0.3, 0.4) is 0 Å². The minimum Gasteiger partial charge on any atom is -0.380 e. The molecule has 0 atom stereocenters. The Morgan fingerprint density at radius 3 is 2.79 bits per heavy atom. The second-order valence-corrected chi connectivity index (χ2v) is 5.05. The summed E-state index contributed by atoms with van der Waals surface area (Å²) in [6, 6.07) is 12.4. The summed E-state index contributed by atoms with van der Waals surface area (Å²) in [7, 11) is 0. The quantitative estimate of drug-likeness (QED) is 0.911. The number of anilines is 1. The molecule has 2 aromatic carbocycles. The first-order valence-electron chi connectivity index (χ1n) is 5.79. The van der Waals surface area contributed by atoms with E-state index in [2.05, 4.69) is 27.3 Å². The summed E-state index contributed by atoms with van der Waals surface area (Å²) >= 11 is 3.33. The van der Waals surface area contributed by atoms with Crippen molar-refractivity contribution in [2.45, 2.75) is 13.5 Å². The van der Waals surface area contributed by atoms with Crippen molar-refractivity contribution in [2.24, 2.45) is 0 Å². The number of halogens is 2. The number of hydrogen-bond acceptors (Lipinski definition) is 2. The molecular weight excluding hydrogens is 307 g/mol. The van der Waals surface area contributed by atoms with Gasteiger partial charge in [0.05, 0.1) is 11.3 Å². The van der Waals surface area contributed by atoms with Crippen molar-refractivity contribution in [3.05, 3.63) is 63.4 Å². The number of nitrogens with one attached hydrogen (secondary N) is 1. The highest BCUT2D eigenvalue weighted by molar-refractivity contribution is 9.10. The molecule has 0 saturated carbocycles. The van der Waals surface area contributed by atoms with Gasteiger partial charge in [-0.3, -0.25) is 0 Å². The first kappa shape index (κ1) is 13.6. The van der Waals surface area contributed by atoms with Crippen molar-refractivity contribution < 1.29 is 4.39 Å². The molecule has 0 fully saturated rings. The van der Waals surface area contributed by atoms with Crippen LogP contribution in [0.5, 0.6) is 0 Å². The Morgan fingerprint density at radius 1 is 1.32 bits per heavy atom. The van der Waals surface area contributed by atoms with Gasteiger partial charge in [0, 0.05) is 11.0 Å². The van der Waals surface area contributed by atoms with E-state index in [1.54, 1.807) is 6.07 Å². The molecule has 19 heavy (non-hydrogen) atoms. The fourth-order valence-electron chi connectivity index (χ4n) is 1.82. The van der Waals surface area contributed by atoms with E-state index >= 15 is 0 Å². The van der Waals surface area contributed by atoms with Gasteiger partial charge in [-0.1, -0.05) is 34.1 Å². The maximum atomic E-state index is 13.0. The third-order valence-electron chi connectivity index (χ3n) is 2.87. The zero-order chi connectivity index (χ0) is 13.8. The Balaban J connectivity index is 2.20. The van der Waals surface area contributed by atoms with Crippen LogP contribution in [-0.4, -0.2) is 0 Å². The van der Waals surface area contributed by atoms with Gasteiger partial charge >= 0.3 is 0 Å². The smallest absolute Gasteiger partial charge is 0.124 e. The number of nitriles is 1. The van der Waals surface area contributed by atoms with Crippen LogP contribution in [0.1, 0.15) is 16.7 Å².